The number of fused-ring (bicyclic) bond motifs is 1. The molecule has 0 bridgehead atoms. The lowest BCUT2D eigenvalue weighted by molar-refractivity contribution is 0.0986. The van der Waals surface area contributed by atoms with E-state index in [9.17, 15) is 13.2 Å². The van der Waals surface area contributed by atoms with Crippen molar-refractivity contribution < 1.29 is 13.2 Å². The maximum Gasteiger partial charge on any atom is 0.260 e. The van der Waals surface area contributed by atoms with E-state index in [1.54, 1.807) is 29.2 Å². The number of hydrogen-bond acceptors (Lipinski definition) is 6. The van der Waals surface area contributed by atoms with Crippen LogP contribution in [0.4, 0.5) is 5.13 Å². The standard InChI is InChI=1S/C27H38N4O3S2/c1-7-14-30(15-8-2)36(33,34)23-12-10-22(11-13-23)26(32)31(17-9-16-29(5)6)27-28-24-18-20(3)21(4)19-25(24)35-27/h10-13,18-19H,7-9,14-17H2,1-6H3. The van der Waals surface area contributed by atoms with Crippen LogP contribution in [0.15, 0.2) is 41.3 Å². The molecule has 0 fully saturated rings. The van der Waals surface area contributed by atoms with Crippen molar-refractivity contribution in [2.75, 3.05) is 45.2 Å². The molecule has 0 saturated carbocycles. The van der Waals surface area contributed by atoms with Crippen LogP contribution in [-0.4, -0.2) is 68.8 Å². The molecular formula is C27H38N4O3S2. The smallest absolute Gasteiger partial charge is 0.260 e. The van der Waals surface area contributed by atoms with Crippen molar-refractivity contribution in [3.63, 3.8) is 0 Å². The van der Waals surface area contributed by atoms with Crippen molar-refractivity contribution >= 4 is 42.6 Å². The van der Waals surface area contributed by atoms with Crippen molar-refractivity contribution in [1.29, 1.82) is 0 Å². The van der Waals surface area contributed by atoms with Gasteiger partial charge in [0.25, 0.3) is 5.91 Å². The van der Waals surface area contributed by atoms with Gasteiger partial charge in [0.05, 0.1) is 15.1 Å². The van der Waals surface area contributed by atoms with E-state index in [0.717, 1.165) is 36.0 Å². The van der Waals surface area contributed by atoms with Gasteiger partial charge in [-0.3, -0.25) is 9.69 Å². The first kappa shape index (κ1) is 28.2. The molecule has 0 aliphatic carbocycles. The monoisotopic (exact) mass is 530 g/mol. The summed E-state index contributed by atoms with van der Waals surface area (Å²) in [5.41, 5.74) is 3.70. The van der Waals surface area contributed by atoms with E-state index in [-0.39, 0.29) is 10.8 Å². The summed E-state index contributed by atoms with van der Waals surface area (Å²) in [6.07, 6.45) is 2.29. The van der Waals surface area contributed by atoms with Crippen LogP contribution in [0.3, 0.4) is 0 Å². The van der Waals surface area contributed by atoms with Crippen LogP contribution in [0.2, 0.25) is 0 Å². The Hall–Kier alpha value is -2.33. The van der Waals surface area contributed by atoms with Gasteiger partial charge in [-0.1, -0.05) is 25.2 Å². The first-order chi connectivity index (χ1) is 17.1. The number of hydrogen-bond donors (Lipinski definition) is 0. The zero-order valence-corrected chi connectivity index (χ0v) is 23.9. The Morgan fingerprint density at radius 1 is 0.917 bits per heavy atom. The van der Waals surface area contributed by atoms with E-state index in [0.29, 0.717) is 30.3 Å². The molecule has 0 N–H and O–H groups in total. The number of carbonyl (C=O) groups is 1. The number of nitrogens with zero attached hydrogens (tertiary/aromatic N) is 4. The number of benzene rings is 2. The van der Waals surface area contributed by atoms with Gasteiger partial charge in [-0.15, -0.1) is 0 Å². The molecule has 7 nitrogen and oxygen atoms in total. The topological polar surface area (TPSA) is 73.8 Å². The van der Waals surface area contributed by atoms with Crippen LogP contribution in [0.25, 0.3) is 10.2 Å². The summed E-state index contributed by atoms with van der Waals surface area (Å²) < 4.78 is 28.8. The van der Waals surface area contributed by atoms with E-state index >= 15 is 0 Å². The molecule has 1 aromatic heterocycles. The maximum absolute atomic E-state index is 13.7. The number of anilines is 1. The highest BCUT2D eigenvalue weighted by Crippen LogP contribution is 2.32. The Morgan fingerprint density at radius 2 is 1.53 bits per heavy atom. The van der Waals surface area contributed by atoms with E-state index < -0.39 is 10.0 Å². The Balaban J connectivity index is 1.92. The molecule has 0 aliphatic rings. The zero-order valence-electron chi connectivity index (χ0n) is 22.2. The van der Waals surface area contributed by atoms with Crippen LogP contribution in [0.5, 0.6) is 0 Å². The lowest BCUT2D eigenvalue weighted by atomic mass is 10.1. The number of sulfonamides is 1. The Bertz CT molecular complexity index is 1240. The molecular weight excluding hydrogens is 492 g/mol. The first-order valence-corrected chi connectivity index (χ1v) is 14.8. The van der Waals surface area contributed by atoms with Gasteiger partial charge < -0.3 is 4.90 Å². The van der Waals surface area contributed by atoms with Crippen LogP contribution in [0.1, 0.15) is 54.6 Å². The fourth-order valence-corrected chi connectivity index (χ4v) is 6.73. The summed E-state index contributed by atoms with van der Waals surface area (Å²) in [4.78, 5) is 22.5. The predicted molar refractivity (Wildman–Crippen MR) is 150 cm³/mol. The Morgan fingerprint density at radius 3 is 2.11 bits per heavy atom. The number of rotatable bonds is 12. The third-order valence-corrected chi connectivity index (χ3v) is 9.09. The van der Waals surface area contributed by atoms with Crippen LogP contribution >= 0.6 is 11.3 Å². The Kier molecular flexibility index (Phi) is 9.63. The molecule has 2 aromatic carbocycles. The van der Waals surface area contributed by atoms with Gasteiger partial charge in [0.1, 0.15) is 0 Å². The molecule has 0 radical (unpaired) electrons. The van der Waals surface area contributed by atoms with Crippen LogP contribution in [0, 0.1) is 13.8 Å². The van der Waals surface area contributed by atoms with E-state index in [1.807, 2.05) is 27.9 Å². The maximum atomic E-state index is 13.7. The number of aryl methyl sites for hydroxylation is 2. The highest BCUT2D eigenvalue weighted by Gasteiger charge is 2.25. The quantitative estimate of drug-likeness (QED) is 0.317. The van der Waals surface area contributed by atoms with Crippen molar-refractivity contribution in [3.8, 4) is 0 Å². The van der Waals surface area contributed by atoms with Crippen molar-refractivity contribution in [2.24, 2.45) is 0 Å². The number of amides is 1. The third kappa shape index (κ3) is 6.51. The molecule has 0 atom stereocenters. The average molecular weight is 531 g/mol. The molecule has 9 heteroatoms. The number of carbonyl (C=O) groups excluding carboxylic acids is 1. The number of thiazole rings is 1. The van der Waals surface area contributed by atoms with Crippen molar-refractivity contribution in [3.05, 3.63) is 53.1 Å². The van der Waals surface area contributed by atoms with Crippen molar-refractivity contribution in [2.45, 2.75) is 51.9 Å². The van der Waals surface area contributed by atoms with Gasteiger partial charge >= 0.3 is 0 Å². The second-order valence-electron chi connectivity index (χ2n) is 9.44. The van der Waals surface area contributed by atoms with Crippen molar-refractivity contribution in [1.82, 2.24) is 14.2 Å². The summed E-state index contributed by atoms with van der Waals surface area (Å²) in [7, 11) is 0.421. The van der Waals surface area contributed by atoms with Gasteiger partial charge in [0, 0.05) is 25.2 Å². The molecule has 3 rings (SSSR count). The van der Waals surface area contributed by atoms with Gasteiger partial charge in [-0.05, 0) is 101 Å². The lowest BCUT2D eigenvalue weighted by Crippen LogP contribution is -2.34. The van der Waals surface area contributed by atoms with E-state index in [1.165, 1.54) is 26.8 Å². The minimum Gasteiger partial charge on any atom is -0.309 e. The lowest BCUT2D eigenvalue weighted by Gasteiger charge is -2.22. The highest BCUT2D eigenvalue weighted by molar-refractivity contribution is 7.89. The molecule has 196 valence electrons. The molecule has 36 heavy (non-hydrogen) atoms. The molecule has 0 unspecified atom stereocenters. The largest absolute Gasteiger partial charge is 0.309 e. The van der Waals surface area contributed by atoms with Gasteiger partial charge in [0.15, 0.2) is 5.13 Å². The molecule has 0 spiro atoms. The third-order valence-electron chi connectivity index (χ3n) is 6.14. The minimum absolute atomic E-state index is 0.177. The number of aromatic nitrogens is 1. The van der Waals surface area contributed by atoms with Gasteiger partial charge in [0.2, 0.25) is 10.0 Å². The summed E-state index contributed by atoms with van der Waals surface area (Å²) >= 11 is 1.51. The fraction of sp³-hybridized carbons (Fsp3) is 0.481. The second kappa shape index (κ2) is 12.3. The van der Waals surface area contributed by atoms with Crippen LogP contribution in [-0.2, 0) is 10.0 Å². The summed E-state index contributed by atoms with van der Waals surface area (Å²) in [5.74, 6) is -0.177. The summed E-state index contributed by atoms with van der Waals surface area (Å²) in [6, 6.07) is 10.5. The molecule has 1 amide bonds. The minimum atomic E-state index is -3.60. The van der Waals surface area contributed by atoms with E-state index in [4.69, 9.17) is 4.98 Å². The second-order valence-corrected chi connectivity index (χ2v) is 12.4. The average Bonchev–Trinajstić information content (AvgIpc) is 3.23. The highest BCUT2D eigenvalue weighted by atomic mass is 32.2. The van der Waals surface area contributed by atoms with Gasteiger partial charge in [-0.25, -0.2) is 13.4 Å². The molecule has 0 saturated heterocycles. The SMILES string of the molecule is CCCN(CCC)S(=O)(=O)c1ccc(C(=O)N(CCCN(C)C)c2nc3cc(C)c(C)cc3s2)cc1. The summed E-state index contributed by atoms with van der Waals surface area (Å²) in [5, 5.41) is 0.660. The first-order valence-electron chi connectivity index (χ1n) is 12.5. The van der Waals surface area contributed by atoms with Crippen LogP contribution < -0.4 is 4.90 Å². The van der Waals surface area contributed by atoms with E-state index in [2.05, 4.69) is 30.9 Å². The Labute approximate surface area is 219 Å². The zero-order chi connectivity index (χ0) is 26.5. The molecule has 1 heterocycles. The molecule has 0 aliphatic heterocycles. The normalized spacial score (nSPS) is 12.1. The van der Waals surface area contributed by atoms with Gasteiger partial charge in [-0.2, -0.15) is 4.31 Å². The summed E-state index contributed by atoms with van der Waals surface area (Å²) in [6.45, 7) is 10.4. The predicted octanol–water partition coefficient (Wildman–Crippen LogP) is 5.32. The fourth-order valence-electron chi connectivity index (χ4n) is 4.04. The molecule has 3 aromatic rings.